The van der Waals surface area contributed by atoms with E-state index in [1.54, 1.807) is 0 Å². The van der Waals surface area contributed by atoms with Gasteiger partial charge in [0.15, 0.2) is 0 Å². The van der Waals surface area contributed by atoms with Crippen molar-refractivity contribution >= 4 is 38.7 Å². The molecule has 0 aliphatic rings. The minimum Gasteiger partial charge on any atom is -0.295 e. The molecule has 7 aromatic carbocycles. The van der Waals surface area contributed by atoms with Crippen molar-refractivity contribution in [2.75, 3.05) is 4.90 Å². The highest BCUT2D eigenvalue weighted by atomic mass is 15.2. The van der Waals surface area contributed by atoms with Crippen LogP contribution in [0.25, 0.3) is 55.1 Å². The first-order valence-electron chi connectivity index (χ1n) is 15.3. The average molecular weight is 575 g/mol. The van der Waals surface area contributed by atoms with E-state index in [0.29, 0.717) is 0 Å². The van der Waals surface area contributed by atoms with Crippen LogP contribution in [-0.2, 0) is 0 Å². The Hall–Kier alpha value is -5.99. The molecule has 0 atom stereocenters. The lowest BCUT2D eigenvalue weighted by atomic mass is 9.86. The third-order valence-electron chi connectivity index (χ3n) is 8.46. The molecule has 0 unspecified atom stereocenters. The van der Waals surface area contributed by atoms with Gasteiger partial charge in [0.1, 0.15) is 5.82 Å². The predicted molar refractivity (Wildman–Crippen MR) is 190 cm³/mol. The fourth-order valence-electron chi connectivity index (χ4n) is 6.44. The van der Waals surface area contributed by atoms with Crippen LogP contribution in [-0.4, -0.2) is 4.98 Å². The molecule has 0 saturated heterocycles. The molecule has 212 valence electrons. The summed E-state index contributed by atoms with van der Waals surface area (Å²) in [4.78, 5) is 7.35. The van der Waals surface area contributed by atoms with Gasteiger partial charge in [0.25, 0.3) is 0 Å². The number of fused-ring (bicyclic) bond motifs is 2. The maximum atomic E-state index is 5.12. The van der Waals surface area contributed by atoms with E-state index >= 15 is 0 Å². The van der Waals surface area contributed by atoms with E-state index in [1.807, 2.05) is 12.1 Å². The molecule has 0 amide bonds. The highest BCUT2D eigenvalue weighted by Gasteiger charge is 2.18. The van der Waals surface area contributed by atoms with Crippen LogP contribution in [0.4, 0.5) is 17.2 Å². The number of pyridine rings is 1. The van der Waals surface area contributed by atoms with Crippen molar-refractivity contribution in [1.29, 1.82) is 0 Å². The minimum absolute atomic E-state index is 0.874. The number of aromatic nitrogens is 1. The van der Waals surface area contributed by atoms with Crippen LogP contribution in [0, 0.1) is 0 Å². The molecular weight excluding hydrogens is 544 g/mol. The highest BCUT2D eigenvalue weighted by molar-refractivity contribution is 6.21. The monoisotopic (exact) mass is 574 g/mol. The lowest BCUT2D eigenvalue weighted by Crippen LogP contribution is -2.11. The molecule has 0 bridgehead atoms. The van der Waals surface area contributed by atoms with E-state index in [9.17, 15) is 0 Å². The second-order valence-electron chi connectivity index (χ2n) is 11.2. The zero-order valence-electron chi connectivity index (χ0n) is 24.7. The van der Waals surface area contributed by atoms with Crippen molar-refractivity contribution in [1.82, 2.24) is 4.98 Å². The summed E-state index contributed by atoms with van der Waals surface area (Å²) in [7, 11) is 0. The zero-order chi connectivity index (χ0) is 30.0. The van der Waals surface area contributed by atoms with Gasteiger partial charge in [-0.2, -0.15) is 0 Å². The van der Waals surface area contributed by atoms with Gasteiger partial charge >= 0.3 is 0 Å². The van der Waals surface area contributed by atoms with Gasteiger partial charge in [0, 0.05) is 16.9 Å². The van der Waals surface area contributed by atoms with Gasteiger partial charge in [-0.1, -0.05) is 146 Å². The van der Waals surface area contributed by atoms with Crippen LogP contribution < -0.4 is 4.90 Å². The molecule has 0 aliphatic heterocycles. The van der Waals surface area contributed by atoms with Crippen LogP contribution in [0.3, 0.4) is 0 Å². The van der Waals surface area contributed by atoms with E-state index in [-0.39, 0.29) is 0 Å². The Morgan fingerprint density at radius 2 is 0.733 bits per heavy atom. The van der Waals surface area contributed by atoms with Crippen LogP contribution in [0.5, 0.6) is 0 Å². The normalized spacial score (nSPS) is 11.1. The largest absolute Gasteiger partial charge is 0.295 e. The van der Waals surface area contributed by atoms with E-state index in [0.717, 1.165) is 28.5 Å². The molecule has 0 spiro atoms. The van der Waals surface area contributed by atoms with Crippen molar-refractivity contribution in [3.05, 3.63) is 182 Å². The Morgan fingerprint density at radius 1 is 0.311 bits per heavy atom. The Balaban J connectivity index is 1.29. The van der Waals surface area contributed by atoms with Crippen molar-refractivity contribution < 1.29 is 0 Å². The second kappa shape index (κ2) is 11.6. The third kappa shape index (κ3) is 4.93. The first-order valence-corrected chi connectivity index (χ1v) is 15.3. The molecule has 2 heteroatoms. The zero-order valence-corrected chi connectivity index (χ0v) is 24.7. The quantitative estimate of drug-likeness (QED) is 0.184. The van der Waals surface area contributed by atoms with E-state index in [2.05, 4.69) is 175 Å². The lowest BCUT2D eigenvalue weighted by Gasteiger charge is -2.25. The average Bonchev–Trinajstić information content (AvgIpc) is 3.12. The Morgan fingerprint density at radius 3 is 1.27 bits per heavy atom. The summed E-state index contributed by atoms with van der Waals surface area (Å²) in [6, 6.07) is 64.3. The molecule has 1 aromatic heterocycles. The fourth-order valence-corrected chi connectivity index (χ4v) is 6.44. The summed E-state index contributed by atoms with van der Waals surface area (Å²) in [5.74, 6) is 0.874. The number of hydrogen-bond donors (Lipinski definition) is 0. The minimum atomic E-state index is 0.874. The van der Waals surface area contributed by atoms with Gasteiger partial charge in [0.2, 0.25) is 0 Å². The summed E-state index contributed by atoms with van der Waals surface area (Å²) in [5, 5.41) is 5.02. The molecule has 8 rings (SSSR count). The standard InChI is InChI=1S/C43H30N2/c1-4-15-31(16-5-1)40-25-14-26-41(44-40)45(34-19-8-3-9-20-34)35-29-27-33(28-30-35)43-38-23-12-10-21-36(38)42(32-17-6-2-7-18-32)37-22-11-13-24-39(37)43/h1-30H. The van der Waals surface area contributed by atoms with Crippen LogP contribution in [0.2, 0.25) is 0 Å². The molecule has 0 radical (unpaired) electrons. The van der Waals surface area contributed by atoms with E-state index in [4.69, 9.17) is 4.98 Å². The van der Waals surface area contributed by atoms with E-state index < -0.39 is 0 Å². The fraction of sp³-hybridized carbons (Fsp3) is 0. The Labute approximate surface area is 263 Å². The maximum absolute atomic E-state index is 5.12. The number of nitrogens with zero attached hydrogens (tertiary/aromatic N) is 2. The van der Waals surface area contributed by atoms with Gasteiger partial charge in [-0.05, 0) is 80.2 Å². The first kappa shape index (κ1) is 26.6. The Kier molecular flexibility index (Phi) is 6.86. The number of benzene rings is 7. The number of anilines is 3. The van der Waals surface area contributed by atoms with Gasteiger partial charge in [-0.3, -0.25) is 4.90 Å². The summed E-state index contributed by atoms with van der Waals surface area (Å²) in [6.07, 6.45) is 0. The SMILES string of the molecule is c1ccc(-c2cccc(N(c3ccccc3)c3ccc(-c4c5ccccc5c(-c5ccccc5)c5ccccc45)cc3)n2)cc1. The van der Waals surface area contributed by atoms with Crippen molar-refractivity contribution in [2.24, 2.45) is 0 Å². The molecular formula is C43H30N2. The smallest absolute Gasteiger partial charge is 0.138 e. The first-order chi connectivity index (χ1) is 22.3. The summed E-state index contributed by atoms with van der Waals surface area (Å²) < 4.78 is 0. The molecule has 8 aromatic rings. The van der Waals surface area contributed by atoms with Crippen LogP contribution in [0.15, 0.2) is 182 Å². The van der Waals surface area contributed by atoms with Crippen LogP contribution in [0.1, 0.15) is 0 Å². The van der Waals surface area contributed by atoms with Crippen molar-refractivity contribution in [3.63, 3.8) is 0 Å². The Bertz CT molecular complexity index is 2180. The van der Waals surface area contributed by atoms with Crippen molar-refractivity contribution in [3.8, 4) is 33.5 Å². The maximum Gasteiger partial charge on any atom is 0.138 e. The lowest BCUT2D eigenvalue weighted by molar-refractivity contribution is 1.18. The molecule has 0 aliphatic carbocycles. The molecule has 0 fully saturated rings. The van der Waals surface area contributed by atoms with Gasteiger partial charge in [-0.15, -0.1) is 0 Å². The molecule has 2 nitrogen and oxygen atoms in total. The van der Waals surface area contributed by atoms with Gasteiger partial charge < -0.3 is 0 Å². The number of rotatable bonds is 6. The molecule has 45 heavy (non-hydrogen) atoms. The molecule has 0 N–H and O–H groups in total. The van der Waals surface area contributed by atoms with Crippen molar-refractivity contribution in [2.45, 2.75) is 0 Å². The van der Waals surface area contributed by atoms with E-state index in [1.165, 1.54) is 43.8 Å². The third-order valence-corrected chi connectivity index (χ3v) is 8.46. The van der Waals surface area contributed by atoms with Gasteiger partial charge in [0.05, 0.1) is 5.69 Å². The molecule has 1 heterocycles. The highest BCUT2D eigenvalue weighted by Crippen LogP contribution is 2.44. The summed E-state index contributed by atoms with van der Waals surface area (Å²) in [5.41, 5.74) is 9.11. The summed E-state index contributed by atoms with van der Waals surface area (Å²) in [6.45, 7) is 0. The number of hydrogen-bond acceptors (Lipinski definition) is 2. The number of para-hydroxylation sites is 1. The van der Waals surface area contributed by atoms with Crippen LogP contribution >= 0.6 is 0 Å². The van der Waals surface area contributed by atoms with Gasteiger partial charge in [-0.25, -0.2) is 4.98 Å². The predicted octanol–water partition coefficient (Wildman–Crippen LogP) is 11.9. The summed E-state index contributed by atoms with van der Waals surface area (Å²) >= 11 is 0. The topological polar surface area (TPSA) is 16.1 Å². The second-order valence-corrected chi connectivity index (χ2v) is 11.2. The molecule has 0 saturated carbocycles.